The zero-order valence-corrected chi connectivity index (χ0v) is 16.8. The molecule has 0 aromatic carbocycles. The number of carbonyl (C=O) groups excluding carboxylic acids is 3. The van der Waals surface area contributed by atoms with E-state index < -0.39 is 11.6 Å². The molecule has 1 unspecified atom stereocenters. The van der Waals surface area contributed by atoms with Gasteiger partial charge in [-0.05, 0) is 12.8 Å². The van der Waals surface area contributed by atoms with Crippen LogP contribution in [0.5, 0.6) is 0 Å². The second kappa shape index (κ2) is 8.08. The maximum atomic E-state index is 13.0. The fraction of sp³-hybridized carbons (Fsp3) is 0.667. The van der Waals surface area contributed by atoms with E-state index in [9.17, 15) is 14.4 Å². The number of rotatable bonds is 3. The Morgan fingerprint density at radius 2 is 2.04 bits per heavy atom. The van der Waals surface area contributed by atoms with Gasteiger partial charge in [0.25, 0.3) is 5.91 Å². The Bertz CT molecular complexity index is 760. The molecule has 28 heavy (non-hydrogen) atoms. The molecule has 4 rings (SSSR count). The molecule has 1 atom stereocenters. The van der Waals surface area contributed by atoms with Gasteiger partial charge in [-0.1, -0.05) is 19.3 Å². The first-order chi connectivity index (χ1) is 13.0. The molecule has 1 aromatic heterocycles. The van der Waals surface area contributed by atoms with Crippen molar-refractivity contribution < 1.29 is 14.4 Å². The molecule has 1 saturated carbocycles. The van der Waals surface area contributed by atoms with Crippen molar-refractivity contribution in [2.24, 2.45) is 7.05 Å². The molecule has 1 aliphatic carbocycles. The highest BCUT2D eigenvalue weighted by Gasteiger charge is 2.52. The van der Waals surface area contributed by atoms with Crippen molar-refractivity contribution in [3.8, 4) is 0 Å². The number of piperazine rings is 1. The second-order valence-corrected chi connectivity index (χ2v) is 7.67. The van der Waals surface area contributed by atoms with Crippen LogP contribution >= 0.6 is 12.4 Å². The van der Waals surface area contributed by atoms with Crippen molar-refractivity contribution >= 4 is 30.3 Å². The Morgan fingerprint density at radius 3 is 2.71 bits per heavy atom. The molecule has 4 amide bonds. The van der Waals surface area contributed by atoms with E-state index in [1.165, 1.54) is 0 Å². The maximum absolute atomic E-state index is 13.0. The SMILES string of the molecule is Cl.Cn1ccnc1C1CNCCN1C(=O)CN1C(=O)NC2(CCCCC2)C1=O. The average molecular weight is 411 g/mol. The van der Waals surface area contributed by atoms with Gasteiger partial charge in [0.1, 0.15) is 23.9 Å². The van der Waals surface area contributed by atoms with E-state index in [1.807, 2.05) is 17.8 Å². The number of hydrogen-bond acceptors (Lipinski definition) is 5. The molecule has 154 valence electrons. The quantitative estimate of drug-likeness (QED) is 0.710. The molecule has 0 bridgehead atoms. The van der Waals surface area contributed by atoms with Gasteiger partial charge in [0, 0.05) is 39.1 Å². The van der Waals surface area contributed by atoms with Gasteiger partial charge in [-0.2, -0.15) is 0 Å². The summed E-state index contributed by atoms with van der Waals surface area (Å²) in [6.07, 6.45) is 7.79. The van der Waals surface area contributed by atoms with Gasteiger partial charge in [-0.3, -0.25) is 14.5 Å². The lowest BCUT2D eigenvalue weighted by molar-refractivity contribution is -0.141. The minimum atomic E-state index is -0.794. The monoisotopic (exact) mass is 410 g/mol. The van der Waals surface area contributed by atoms with E-state index >= 15 is 0 Å². The Labute approximate surface area is 170 Å². The number of hydrogen-bond donors (Lipinski definition) is 2. The van der Waals surface area contributed by atoms with Crippen LogP contribution in [0.2, 0.25) is 0 Å². The fourth-order valence-corrected chi connectivity index (χ4v) is 4.47. The van der Waals surface area contributed by atoms with Crippen LogP contribution in [0.4, 0.5) is 4.79 Å². The summed E-state index contributed by atoms with van der Waals surface area (Å²) < 4.78 is 1.89. The van der Waals surface area contributed by atoms with Crippen molar-refractivity contribution in [3.63, 3.8) is 0 Å². The van der Waals surface area contributed by atoms with Crippen molar-refractivity contribution in [2.45, 2.75) is 43.7 Å². The summed E-state index contributed by atoms with van der Waals surface area (Å²) in [4.78, 5) is 45.6. The lowest BCUT2D eigenvalue weighted by Gasteiger charge is -2.36. The first kappa shape index (κ1) is 20.6. The van der Waals surface area contributed by atoms with Crippen molar-refractivity contribution in [1.82, 2.24) is 30.0 Å². The minimum Gasteiger partial charge on any atom is -0.336 e. The van der Waals surface area contributed by atoms with E-state index in [2.05, 4.69) is 15.6 Å². The second-order valence-electron chi connectivity index (χ2n) is 7.67. The predicted molar refractivity (Wildman–Crippen MR) is 104 cm³/mol. The molecule has 3 fully saturated rings. The Hall–Kier alpha value is -2.13. The smallest absolute Gasteiger partial charge is 0.325 e. The van der Waals surface area contributed by atoms with Crippen LogP contribution in [-0.2, 0) is 16.6 Å². The number of imide groups is 1. The van der Waals surface area contributed by atoms with Crippen LogP contribution in [0.1, 0.15) is 44.0 Å². The molecule has 2 saturated heterocycles. The van der Waals surface area contributed by atoms with Crippen LogP contribution in [0.25, 0.3) is 0 Å². The average Bonchev–Trinajstić information content (AvgIpc) is 3.19. The predicted octanol–water partition coefficient (Wildman–Crippen LogP) is 0.570. The van der Waals surface area contributed by atoms with E-state index in [-0.39, 0.29) is 36.8 Å². The Morgan fingerprint density at radius 1 is 1.29 bits per heavy atom. The lowest BCUT2D eigenvalue weighted by Crippen LogP contribution is -2.53. The summed E-state index contributed by atoms with van der Waals surface area (Å²) in [6.45, 7) is 1.58. The molecule has 9 nitrogen and oxygen atoms in total. The highest BCUT2D eigenvalue weighted by molar-refractivity contribution is 6.09. The van der Waals surface area contributed by atoms with Crippen LogP contribution in [0, 0.1) is 0 Å². The summed E-state index contributed by atoms with van der Waals surface area (Å²) in [7, 11) is 1.89. The molecule has 3 heterocycles. The standard InChI is InChI=1S/C18H26N6O3.ClH/c1-22-9-8-20-15(22)13-11-19-7-10-23(13)14(25)12-24-16(26)18(21-17(24)27)5-3-2-4-6-18;/h8-9,13,19H,2-7,10-12H2,1H3,(H,21,27);1H. The van der Waals surface area contributed by atoms with Crippen LogP contribution in [0.3, 0.4) is 0 Å². The number of imidazole rings is 1. The van der Waals surface area contributed by atoms with E-state index in [4.69, 9.17) is 0 Å². The highest BCUT2D eigenvalue weighted by Crippen LogP contribution is 2.33. The Balaban J connectivity index is 0.00000225. The van der Waals surface area contributed by atoms with Gasteiger partial charge in [0.15, 0.2) is 0 Å². The van der Waals surface area contributed by atoms with Gasteiger partial charge in [-0.15, -0.1) is 12.4 Å². The van der Waals surface area contributed by atoms with E-state index in [0.717, 1.165) is 30.0 Å². The first-order valence-corrected chi connectivity index (χ1v) is 9.63. The summed E-state index contributed by atoms with van der Waals surface area (Å²) in [6, 6.07) is -0.658. The molecule has 2 N–H and O–H groups in total. The zero-order valence-electron chi connectivity index (χ0n) is 16.0. The van der Waals surface area contributed by atoms with Crippen molar-refractivity contribution in [2.75, 3.05) is 26.2 Å². The van der Waals surface area contributed by atoms with Crippen LogP contribution < -0.4 is 10.6 Å². The van der Waals surface area contributed by atoms with E-state index in [1.54, 1.807) is 11.1 Å². The van der Waals surface area contributed by atoms with Gasteiger partial charge >= 0.3 is 6.03 Å². The first-order valence-electron chi connectivity index (χ1n) is 9.63. The Kier molecular flexibility index (Phi) is 5.95. The molecule has 3 aliphatic rings. The van der Waals surface area contributed by atoms with Crippen molar-refractivity contribution in [3.05, 3.63) is 18.2 Å². The van der Waals surface area contributed by atoms with Crippen LogP contribution in [0.15, 0.2) is 12.4 Å². The number of amides is 4. The molecule has 1 spiro atoms. The summed E-state index contributed by atoms with van der Waals surface area (Å²) in [5.41, 5.74) is -0.794. The van der Waals surface area contributed by atoms with Crippen molar-refractivity contribution in [1.29, 1.82) is 0 Å². The number of nitrogens with one attached hydrogen (secondary N) is 2. The van der Waals surface area contributed by atoms with Crippen LogP contribution in [-0.4, -0.2) is 68.9 Å². The normalized spacial score (nSPS) is 24.2. The zero-order chi connectivity index (χ0) is 19.0. The third-order valence-corrected chi connectivity index (χ3v) is 5.97. The third kappa shape index (κ3) is 3.48. The van der Waals surface area contributed by atoms with Gasteiger partial charge in [0.2, 0.25) is 5.91 Å². The number of nitrogens with zero attached hydrogens (tertiary/aromatic N) is 4. The summed E-state index contributed by atoms with van der Waals surface area (Å²) in [5.74, 6) is 0.321. The number of urea groups is 1. The number of carbonyl (C=O) groups is 3. The van der Waals surface area contributed by atoms with Gasteiger partial charge < -0.3 is 20.1 Å². The largest absolute Gasteiger partial charge is 0.336 e. The minimum absolute atomic E-state index is 0. The third-order valence-electron chi connectivity index (χ3n) is 5.97. The molecular weight excluding hydrogens is 384 g/mol. The summed E-state index contributed by atoms with van der Waals surface area (Å²) >= 11 is 0. The molecule has 0 radical (unpaired) electrons. The molecule has 2 aliphatic heterocycles. The van der Waals surface area contributed by atoms with Gasteiger partial charge in [-0.25, -0.2) is 9.78 Å². The summed E-state index contributed by atoms with van der Waals surface area (Å²) in [5, 5.41) is 6.15. The number of halogens is 1. The molecule has 1 aromatic rings. The van der Waals surface area contributed by atoms with Gasteiger partial charge in [0.05, 0.1) is 0 Å². The topological polar surface area (TPSA) is 99.6 Å². The number of aromatic nitrogens is 2. The molecule has 10 heteroatoms. The molecular formula is C18H27ClN6O3. The fourth-order valence-electron chi connectivity index (χ4n) is 4.47. The number of aryl methyl sites for hydroxylation is 1. The van der Waals surface area contributed by atoms with E-state index in [0.29, 0.717) is 32.5 Å². The maximum Gasteiger partial charge on any atom is 0.325 e. The lowest BCUT2D eigenvalue weighted by atomic mass is 9.82. The highest BCUT2D eigenvalue weighted by atomic mass is 35.5.